The molecule has 0 radical (unpaired) electrons. The van der Waals surface area contributed by atoms with Crippen LogP contribution in [-0.4, -0.2) is 12.6 Å². The summed E-state index contributed by atoms with van der Waals surface area (Å²) in [6.45, 7) is -0.143. The maximum Gasteiger partial charge on any atom is 0.0894 e. The van der Waals surface area contributed by atoms with Crippen molar-refractivity contribution in [1.29, 1.82) is 0 Å². The normalized spacial score (nSPS) is 46.4. The van der Waals surface area contributed by atoms with Gasteiger partial charge in [-0.3, -0.25) is 4.39 Å². The lowest BCUT2D eigenvalue weighted by Gasteiger charge is -2.71. The highest BCUT2D eigenvalue weighted by molar-refractivity contribution is 6.18. The van der Waals surface area contributed by atoms with Gasteiger partial charge < -0.3 is 0 Å². The van der Waals surface area contributed by atoms with Crippen LogP contribution in [0.2, 0.25) is 0 Å². The third kappa shape index (κ3) is 1.00. The van der Waals surface area contributed by atoms with Gasteiger partial charge in [-0.1, -0.05) is 0 Å². The Balaban J connectivity index is 1.76. The molecular weight excluding hydrogens is 163 g/mol. The topological polar surface area (TPSA) is 0 Å². The third-order valence-corrected chi connectivity index (χ3v) is 3.94. The van der Waals surface area contributed by atoms with Crippen LogP contribution in [0.15, 0.2) is 0 Å². The first kappa shape index (κ1) is 7.85. The molecule has 0 unspecified atom stereocenters. The minimum absolute atomic E-state index is 0.143. The van der Waals surface area contributed by atoms with E-state index in [0.717, 1.165) is 18.7 Å². The summed E-state index contributed by atoms with van der Waals surface area (Å²) in [5, 5.41) is 0. The molecule has 0 saturated heterocycles. The van der Waals surface area contributed by atoms with Crippen molar-refractivity contribution in [2.24, 2.45) is 10.8 Å². The van der Waals surface area contributed by atoms with Crippen molar-refractivity contribution in [2.45, 2.75) is 32.1 Å². The molecule has 3 saturated carbocycles. The third-order valence-electron chi connectivity index (χ3n) is 3.37. The average Bonchev–Trinajstić information content (AvgIpc) is 1.83. The highest BCUT2D eigenvalue weighted by atomic mass is 35.5. The lowest BCUT2D eigenvalue weighted by molar-refractivity contribution is -0.192. The zero-order chi connectivity index (χ0) is 7.95. The van der Waals surface area contributed by atoms with Gasteiger partial charge in [0.05, 0.1) is 6.67 Å². The van der Waals surface area contributed by atoms with Crippen LogP contribution >= 0.6 is 11.6 Å². The number of rotatable bonds is 4. The van der Waals surface area contributed by atoms with Crippen LogP contribution in [0.1, 0.15) is 32.1 Å². The summed E-state index contributed by atoms with van der Waals surface area (Å²) in [4.78, 5) is 0. The summed E-state index contributed by atoms with van der Waals surface area (Å²) in [7, 11) is 0. The van der Waals surface area contributed by atoms with E-state index in [4.69, 9.17) is 11.6 Å². The smallest absolute Gasteiger partial charge is 0.0894 e. The van der Waals surface area contributed by atoms with Crippen LogP contribution in [0.5, 0.6) is 0 Å². The molecule has 0 aliphatic heterocycles. The molecule has 3 rings (SSSR count). The molecule has 0 aromatic heterocycles. The molecule has 3 aliphatic rings. The molecule has 0 nitrogen and oxygen atoms in total. The molecule has 3 aliphatic carbocycles. The fourth-order valence-corrected chi connectivity index (χ4v) is 3.36. The van der Waals surface area contributed by atoms with Gasteiger partial charge >= 0.3 is 0 Å². The molecule has 0 amide bonds. The van der Waals surface area contributed by atoms with Gasteiger partial charge in [0.1, 0.15) is 0 Å². The number of hydrogen-bond donors (Lipinski definition) is 0. The second-order valence-corrected chi connectivity index (χ2v) is 4.72. The number of halogens is 2. The van der Waals surface area contributed by atoms with E-state index in [-0.39, 0.29) is 6.67 Å². The molecule has 0 aromatic rings. The van der Waals surface area contributed by atoms with Gasteiger partial charge in [0.2, 0.25) is 0 Å². The molecule has 64 valence electrons. The van der Waals surface area contributed by atoms with E-state index in [9.17, 15) is 4.39 Å². The molecule has 3 fully saturated rings. The van der Waals surface area contributed by atoms with Crippen molar-refractivity contribution in [3.63, 3.8) is 0 Å². The maximum absolute atomic E-state index is 11.9. The van der Waals surface area contributed by atoms with Gasteiger partial charge in [0.15, 0.2) is 0 Å². The van der Waals surface area contributed by atoms with Gasteiger partial charge in [-0.05, 0) is 42.9 Å². The summed E-state index contributed by atoms with van der Waals surface area (Å²) < 4.78 is 11.9. The van der Waals surface area contributed by atoms with Gasteiger partial charge in [-0.15, -0.1) is 11.6 Å². The van der Waals surface area contributed by atoms with Crippen molar-refractivity contribution in [3.8, 4) is 0 Å². The molecule has 0 atom stereocenters. The first-order valence-electron chi connectivity index (χ1n) is 4.36. The van der Waals surface area contributed by atoms with Gasteiger partial charge in [-0.2, -0.15) is 0 Å². The zero-order valence-corrected chi connectivity index (χ0v) is 7.46. The Bertz CT molecular complexity index is 141. The standard InChI is InChI=1S/C9H14ClF/c10-7-9-4-8(5-9,6-9)2-1-3-11/h1-7H2. The quantitative estimate of drug-likeness (QED) is 0.578. The Morgan fingerprint density at radius 2 is 1.82 bits per heavy atom. The summed E-state index contributed by atoms with van der Waals surface area (Å²) in [5.74, 6) is 0.824. The highest BCUT2D eigenvalue weighted by Gasteiger charge is 2.66. The minimum Gasteiger partial charge on any atom is -0.251 e. The van der Waals surface area contributed by atoms with Gasteiger partial charge in [0, 0.05) is 5.88 Å². The molecule has 0 heterocycles. The predicted molar refractivity (Wildman–Crippen MR) is 44.6 cm³/mol. The van der Waals surface area contributed by atoms with Crippen molar-refractivity contribution < 1.29 is 4.39 Å². The van der Waals surface area contributed by atoms with E-state index in [1.54, 1.807) is 0 Å². The Labute approximate surface area is 72.1 Å². The van der Waals surface area contributed by atoms with Crippen molar-refractivity contribution in [2.75, 3.05) is 12.6 Å². The summed E-state index contributed by atoms with van der Waals surface area (Å²) in [5.41, 5.74) is 1.07. The fraction of sp³-hybridized carbons (Fsp3) is 1.00. The van der Waals surface area contributed by atoms with Crippen LogP contribution in [0, 0.1) is 10.8 Å². The molecule has 0 aromatic carbocycles. The lowest BCUT2D eigenvalue weighted by Crippen LogP contribution is -2.62. The van der Waals surface area contributed by atoms with E-state index in [1.165, 1.54) is 19.3 Å². The largest absolute Gasteiger partial charge is 0.251 e. The average molecular weight is 177 g/mol. The summed E-state index contributed by atoms with van der Waals surface area (Å²) >= 11 is 5.80. The second-order valence-electron chi connectivity index (χ2n) is 4.46. The Kier molecular flexibility index (Phi) is 1.68. The monoisotopic (exact) mass is 176 g/mol. The van der Waals surface area contributed by atoms with E-state index in [2.05, 4.69) is 0 Å². The van der Waals surface area contributed by atoms with Crippen molar-refractivity contribution in [1.82, 2.24) is 0 Å². The van der Waals surface area contributed by atoms with E-state index >= 15 is 0 Å². The summed E-state index contributed by atoms with van der Waals surface area (Å²) in [6.07, 6.45) is 5.71. The van der Waals surface area contributed by atoms with E-state index in [0.29, 0.717) is 10.8 Å². The molecule has 0 spiro atoms. The number of hydrogen-bond acceptors (Lipinski definition) is 0. The fourth-order valence-electron chi connectivity index (χ4n) is 3.08. The maximum atomic E-state index is 11.9. The van der Waals surface area contributed by atoms with Gasteiger partial charge in [0.25, 0.3) is 0 Å². The van der Waals surface area contributed by atoms with Crippen LogP contribution in [0.25, 0.3) is 0 Å². The Morgan fingerprint density at radius 1 is 1.18 bits per heavy atom. The first-order chi connectivity index (χ1) is 5.24. The molecule has 0 N–H and O–H groups in total. The molecular formula is C9H14ClF. The first-order valence-corrected chi connectivity index (χ1v) is 4.90. The highest BCUT2D eigenvalue weighted by Crippen LogP contribution is 2.75. The SMILES string of the molecule is FCCCC12CC(CCl)(C1)C2. The van der Waals surface area contributed by atoms with Crippen molar-refractivity contribution >= 4 is 11.6 Å². The Hall–Kier alpha value is 0.220. The minimum atomic E-state index is -0.143. The van der Waals surface area contributed by atoms with Crippen LogP contribution in [0.3, 0.4) is 0 Å². The van der Waals surface area contributed by atoms with Crippen LogP contribution in [0.4, 0.5) is 4.39 Å². The molecule has 11 heavy (non-hydrogen) atoms. The van der Waals surface area contributed by atoms with Crippen LogP contribution in [-0.2, 0) is 0 Å². The zero-order valence-electron chi connectivity index (χ0n) is 6.71. The number of alkyl halides is 2. The summed E-state index contributed by atoms with van der Waals surface area (Å²) in [6, 6.07) is 0. The predicted octanol–water partition coefficient (Wildman–Crippen LogP) is 3.15. The van der Waals surface area contributed by atoms with E-state index in [1.807, 2.05) is 0 Å². The molecule has 2 bridgehead atoms. The Morgan fingerprint density at radius 3 is 2.27 bits per heavy atom. The van der Waals surface area contributed by atoms with E-state index < -0.39 is 0 Å². The van der Waals surface area contributed by atoms with Crippen molar-refractivity contribution in [3.05, 3.63) is 0 Å². The second kappa shape index (κ2) is 2.35. The van der Waals surface area contributed by atoms with Crippen LogP contribution < -0.4 is 0 Å². The lowest BCUT2D eigenvalue weighted by atomic mass is 9.35. The van der Waals surface area contributed by atoms with Gasteiger partial charge in [-0.25, -0.2) is 0 Å². The molecule has 2 heteroatoms.